The lowest BCUT2D eigenvalue weighted by molar-refractivity contribution is 0.100. The molecule has 0 aromatic rings. The molecule has 2 aliphatic heterocycles. The fourth-order valence-corrected chi connectivity index (χ4v) is 3.77. The largest absolute Gasteiger partial charge is 0.301 e. The van der Waals surface area contributed by atoms with Crippen LogP contribution in [0.3, 0.4) is 0 Å². The third kappa shape index (κ3) is 3.44. The van der Waals surface area contributed by atoms with Gasteiger partial charge in [-0.05, 0) is 44.7 Å². The second-order valence-electron chi connectivity index (χ2n) is 5.50. The molecule has 0 spiro atoms. The Morgan fingerprint density at radius 1 is 1.25 bits per heavy atom. The van der Waals surface area contributed by atoms with Gasteiger partial charge in [0.2, 0.25) is 0 Å². The smallest absolute Gasteiger partial charge is 0.0224 e. The summed E-state index contributed by atoms with van der Waals surface area (Å²) in [7, 11) is 0. The molecule has 2 fully saturated rings. The third-order valence-electron chi connectivity index (χ3n) is 4.21. The Morgan fingerprint density at radius 2 is 2.12 bits per heavy atom. The van der Waals surface area contributed by atoms with E-state index in [-0.39, 0.29) is 0 Å². The van der Waals surface area contributed by atoms with Gasteiger partial charge in [-0.2, -0.15) is 0 Å². The maximum Gasteiger partial charge on any atom is 0.0224 e. The van der Waals surface area contributed by atoms with Gasteiger partial charge in [-0.25, -0.2) is 0 Å². The summed E-state index contributed by atoms with van der Waals surface area (Å²) in [6.07, 6.45) is 5.56. The highest BCUT2D eigenvalue weighted by Crippen LogP contribution is 2.22. The zero-order valence-electron chi connectivity index (χ0n) is 10.5. The molecule has 0 saturated carbocycles. The fourth-order valence-electron chi connectivity index (χ4n) is 2.99. The molecule has 0 bridgehead atoms. The molecule has 16 heavy (non-hydrogen) atoms. The van der Waals surface area contributed by atoms with E-state index in [0.717, 1.165) is 17.3 Å². The summed E-state index contributed by atoms with van der Waals surface area (Å²) < 4.78 is 0. The van der Waals surface area contributed by atoms with Crippen molar-refractivity contribution in [1.29, 1.82) is 0 Å². The average molecular weight is 289 g/mol. The Kier molecular flexibility index (Phi) is 5.11. The van der Waals surface area contributed by atoms with Crippen LogP contribution in [0.5, 0.6) is 0 Å². The summed E-state index contributed by atoms with van der Waals surface area (Å²) in [6.45, 7) is 9.01. The van der Waals surface area contributed by atoms with Gasteiger partial charge < -0.3 is 4.90 Å². The molecular formula is C13H25BrN2. The zero-order valence-corrected chi connectivity index (χ0v) is 12.1. The van der Waals surface area contributed by atoms with Gasteiger partial charge in [-0.3, -0.25) is 4.90 Å². The van der Waals surface area contributed by atoms with E-state index in [2.05, 4.69) is 32.7 Å². The monoisotopic (exact) mass is 288 g/mol. The van der Waals surface area contributed by atoms with Gasteiger partial charge in [0.05, 0.1) is 0 Å². The van der Waals surface area contributed by atoms with Crippen molar-refractivity contribution in [3.8, 4) is 0 Å². The SMILES string of the molecule is CC(CCBr)CCN1CCN2CCCC2C1. The number of rotatable bonds is 5. The van der Waals surface area contributed by atoms with E-state index in [0.29, 0.717) is 0 Å². The van der Waals surface area contributed by atoms with Crippen LogP contribution in [0.4, 0.5) is 0 Å². The first-order chi connectivity index (χ1) is 7.79. The third-order valence-corrected chi connectivity index (χ3v) is 4.67. The van der Waals surface area contributed by atoms with E-state index >= 15 is 0 Å². The van der Waals surface area contributed by atoms with Crippen molar-refractivity contribution in [3.63, 3.8) is 0 Å². The van der Waals surface area contributed by atoms with Crippen molar-refractivity contribution < 1.29 is 0 Å². The van der Waals surface area contributed by atoms with Crippen LogP contribution in [0.1, 0.15) is 32.6 Å². The van der Waals surface area contributed by atoms with Crippen LogP contribution >= 0.6 is 15.9 Å². The highest BCUT2D eigenvalue weighted by molar-refractivity contribution is 9.09. The lowest BCUT2D eigenvalue weighted by atomic mass is 10.0. The molecule has 3 heteroatoms. The molecule has 0 N–H and O–H groups in total. The van der Waals surface area contributed by atoms with E-state index < -0.39 is 0 Å². The molecule has 2 aliphatic rings. The van der Waals surface area contributed by atoms with Crippen LogP contribution in [-0.4, -0.2) is 53.9 Å². The number of piperazine rings is 1. The predicted molar refractivity (Wildman–Crippen MR) is 73.2 cm³/mol. The lowest BCUT2D eigenvalue weighted by Crippen LogP contribution is -2.50. The van der Waals surface area contributed by atoms with Crippen molar-refractivity contribution in [2.75, 3.05) is 38.1 Å². The van der Waals surface area contributed by atoms with E-state index in [9.17, 15) is 0 Å². The molecule has 0 aromatic carbocycles. The van der Waals surface area contributed by atoms with Gasteiger partial charge in [0.15, 0.2) is 0 Å². The highest BCUT2D eigenvalue weighted by Gasteiger charge is 2.30. The number of nitrogens with zero attached hydrogens (tertiary/aromatic N) is 2. The fraction of sp³-hybridized carbons (Fsp3) is 1.00. The topological polar surface area (TPSA) is 6.48 Å². The molecule has 2 atom stereocenters. The molecule has 0 aromatic heterocycles. The molecule has 2 nitrogen and oxygen atoms in total. The first kappa shape index (κ1) is 12.8. The average Bonchev–Trinajstić information content (AvgIpc) is 2.74. The van der Waals surface area contributed by atoms with Crippen molar-refractivity contribution in [2.45, 2.75) is 38.6 Å². The number of hydrogen-bond acceptors (Lipinski definition) is 2. The van der Waals surface area contributed by atoms with Gasteiger partial charge in [0.1, 0.15) is 0 Å². The number of halogens is 1. The Hall–Kier alpha value is 0.400. The van der Waals surface area contributed by atoms with Crippen LogP contribution in [0.2, 0.25) is 0 Å². The minimum absolute atomic E-state index is 0.876. The molecule has 0 aliphatic carbocycles. The summed E-state index contributed by atoms with van der Waals surface area (Å²) >= 11 is 3.53. The summed E-state index contributed by atoms with van der Waals surface area (Å²) in [5, 5.41) is 1.16. The molecular weight excluding hydrogens is 264 g/mol. The summed E-state index contributed by atoms with van der Waals surface area (Å²) in [5.74, 6) is 0.876. The number of alkyl halides is 1. The Bertz CT molecular complexity index is 210. The normalized spacial score (nSPS) is 29.2. The lowest BCUT2D eigenvalue weighted by Gasteiger charge is -2.37. The second kappa shape index (κ2) is 6.36. The van der Waals surface area contributed by atoms with Gasteiger partial charge in [-0.15, -0.1) is 0 Å². The Morgan fingerprint density at radius 3 is 2.94 bits per heavy atom. The van der Waals surface area contributed by atoms with E-state index in [1.807, 2.05) is 0 Å². The quantitative estimate of drug-likeness (QED) is 0.718. The van der Waals surface area contributed by atoms with Crippen molar-refractivity contribution in [2.24, 2.45) is 5.92 Å². The Balaban J connectivity index is 1.67. The minimum Gasteiger partial charge on any atom is -0.301 e. The van der Waals surface area contributed by atoms with Crippen LogP contribution in [0.25, 0.3) is 0 Å². The van der Waals surface area contributed by atoms with Crippen molar-refractivity contribution >= 4 is 15.9 Å². The highest BCUT2D eigenvalue weighted by atomic mass is 79.9. The summed E-state index contributed by atoms with van der Waals surface area (Å²) in [5.41, 5.74) is 0. The van der Waals surface area contributed by atoms with Gasteiger partial charge in [-0.1, -0.05) is 22.9 Å². The van der Waals surface area contributed by atoms with Crippen molar-refractivity contribution in [3.05, 3.63) is 0 Å². The van der Waals surface area contributed by atoms with Crippen LogP contribution in [0, 0.1) is 5.92 Å². The summed E-state index contributed by atoms with van der Waals surface area (Å²) in [6, 6.07) is 0.889. The van der Waals surface area contributed by atoms with E-state index in [1.54, 1.807) is 0 Å². The first-order valence-electron chi connectivity index (χ1n) is 6.82. The van der Waals surface area contributed by atoms with E-state index in [1.165, 1.54) is 58.4 Å². The molecule has 2 heterocycles. The van der Waals surface area contributed by atoms with E-state index in [4.69, 9.17) is 0 Å². The maximum atomic E-state index is 3.53. The predicted octanol–water partition coefficient (Wildman–Crippen LogP) is 2.58. The molecule has 2 rings (SSSR count). The number of hydrogen-bond donors (Lipinski definition) is 0. The standard InChI is InChI=1S/C13H25BrN2/c1-12(4-6-14)5-8-15-9-10-16-7-2-3-13(16)11-15/h12-13H,2-11H2,1H3. The molecule has 2 unspecified atom stereocenters. The van der Waals surface area contributed by atoms with Crippen LogP contribution < -0.4 is 0 Å². The molecule has 2 saturated heterocycles. The first-order valence-corrected chi connectivity index (χ1v) is 7.94. The van der Waals surface area contributed by atoms with Crippen LogP contribution in [0.15, 0.2) is 0 Å². The molecule has 0 radical (unpaired) electrons. The zero-order chi connectivity index (χ0) is 11.4. The Labute approximate surface area is 108 Å². The molecule has 0 amide bonds. The van der Waals surface area contributed by atoms with Crippen molar-refractivity contribution in [1.82, 2.24) is 9.80 Å². The summed E-state index contributed by atoms with van der Waals surface area (Å²) in [4.78, 5) is 5.38. The second-order valence-corrected chi connectivity index (χ2v) is 6.30. The number of fused-ring (bicyclic) bond motifs is 1. The molecule has 94 valence electrons. The van der Waals surface area contributed by atoms with Crippen LogP contribution in [-0.2, 0) is 0 Å². The van der Waals surface area contributed by atoms with Gasteiger partial charge >= 0.3 is 0 Å². The minimum atomic E-state index is 0.876. The maximum absolute atomic E-state index is 3.53. The van der Waals surface area contributed by atoms with Gasteiger partial charge in [0.25, 0.3) is 0 Å². The van der Waals surface area contributed by atoms with Gasteiger partial charge in [0, 0.05) is 31.0 Å².